The molecule has 2 aromatic carbocycles. The van der Waals surface area contributed by atoms with E-state index < -0.39 is 30.6 Å². The lowest BCUT2D eigenvalue weighted by Crippen LogP contribution is -2.59. The number of hydrogen-bond acceptors (Lipinski definition) is 6. The molecular formula is C32H42N4O5. The van der Waals surface area contributed by atoms with Gasteiger partial charge in [0.15, 0.2) is 0 Å². The first-order chi connectivity index (χ1) is 19.9. The Balaban J connectivity index is 1.43. The van der Waals surface area contributed by atoms with Crippen LogP contribution in [0.15, 0.2) is 48.5 Å². The molecule has 2 bridgehead atoms. The van der Waals surface area contributed by atoms with Gasteiger partial charge in [-0.2, -0.15) is 0 Å². The second-order valence-corrected chi connectivity index (χ2v) is 11.6. The van der Waals surface area contributed by atoms with Crippen LogP contribution in [0.5, 0.6) is 5.75 Å². The molecule has 2 aromatic rings. The summed E-state index contributed by atoms with van der Waals surface area (Å²) >= 11 is 0. The highest BCUT2D eigenvalue weighted by Crippen LogP contribution is 2.35. The molecule has 9 nitrogen and oxygen atoms in total. The lowest BCUT2D eigenvalue weighted by molar-refractivity contribution is -0.143. The summed E-state index contributed by atoms with van der Waals surface area (Å²) in [4.78, 5) is 42.1. The molecular weight excluding hydrogens is 520 g/mol. The van der Waals surface area contributed by atoms with E-state index in [9.17, 15) is 19.5 Å². The highest BCUT2D eigenvalue weighted by atomic mass is 16.5. The molecule has 0 saturated heterocycles. The maximum absolute atomic E-state index is 13.7. The number of hydrogen-bond donors (Lipinski definition) is 4. The standard InChI is InChI=1S/C32H42N4O5/c1-20(21-8-4-3-5-9-21)27-31(39)33-17-7-12-23-10-6-11-24-15-16-25(41-29(23)24)18-34-28(22-13-14-22)32(40)36(2)26(19-37)30(38)35-27/h3-6,8-11,20,22,25-28,34,37H,7,12-19H2,1-2H3,(H,33,39)(H,35,38)/t20?,25?,26-,27-,28-/m1/s1. The van der Waals surface area contributed by atoms with Crippen molar-refractivity contribution in [3.05, 3.63) is 65.2 Å². The number of carbonyl (C=O) groups is 3. The Hall–Kier alpha value is -3.43. The summed E-state index contributed by atoms with van der Waals surface area (Å²) in [5, 5.41) is 19.6. The van der Waals surface area contributed by atoms with Crippen molar-refractivity contribution in [3.8, 4) is 5.75 Å². The van der Waals surface area contributed by atoms with Crippen LogP contribution >= 0.6 is 0 Å². The number of fused-ring (bicyclic) bond motifs is 1. The Bertz CT molecular complexity index is 1230. The van der Waals surface area contributed by atoms with Crippen LogP contribution < -0.4 is 20.7 Å². The Morgan fingerprint density at radius 2 is 1.71 bits per heavy atom. The molecule has 9 heteroatoms. The van der Waals surface area contributed by atoms with E-state index in [1.54, 1.807) is 7.05 Å². The number of amides is 3. The first-order valence-corrected chi connectivity index (χ1v) is 14.9. The minimum atomic E-state index is -1.12. The SMILES string of the molecule is CC(c1ccccc1)[C@H]1NC(=O)[C@@H](CO)N(C)C(=O)[C@@H](C2CC2)NCC2CCc3cccc(c3O2)CCCNC1=O. The van der Waals surface area contributed by atoms with Crippen molar-refractivity contribution in [2.75, 3.05) is 26.7 Å². The number of nitrogens with one attached hydrogen (secondary N) is 3. The fourth-order valence-electron chi connectivity index (χ4n) is 5.98. The van der Waals surface area contributed by atoms with Gasteiger partial charge in [-0.25, -0.2) is 0 Å². The summed E-state index contributed by atoms with van der Waals surface area (Å²) in [7, 11) is 1.55. The van der Waals surface area contributed by atoms with E-state index in [2.05, 4.69) is 34.1 Å². The van der Waals surface area contributed by atoms with Gasteiger partial charge < -0.3 is 30.7 Å². The van der Waals surface area contributed by atoms with Crippen LogP contribution in [0, 0.1) is 5.92 Å². The Morgan fingerprint density at radius 1 is 0.976 bits per heavy atom. The number of benzene rings is 2. The van der Waals surface area contributed by atoms with Gasteiger partial charge in [0.1, 0.15) is 23.9 Å². The number of carbonyl (C=O) groups excluding carboxylic acids is 3. The molecule has 5 rings (SSSR count). The number of aryl methyl sites for hydroxylation is 2. The topological polar surface area (TPSA) is 120 Å². The zero-order chi connectivity index (χ0) is 28.9. The Kier molecular flexibility index (Phi) is 9.25. The molecule has 2 unspecified atom stereocenters. The molecule has 5 atom stereocenters. The molecule has 4 N–H and O–H groups in total. The molecule has 0 aromatic heterocycles. The Labute approximate surface area is 242 Å². The maximum atomic E-state index is 13.7. The molecule has 220 valence electrons. The van der Waals surface area contributed by atoms with Gasteiger partial charge in [0.25, 0.3) is 0 Å². The zero-order valence-corrected chi connectivity index (χ0v) is 24.0. The van der Waals surface area contributed by atoms with Gasteiger partial charge in [-0.1, -0.05) is 55.5 Å². The molecule has 1 saturated carbocycles. The number of likely N-dealkylation sites (N-methyl/N-ethyl adjacent to an activating group) is 1. The summed E-state index contributed by atoms with van der Waals surface area (Å²) in [6, 6.07) is 13.3. The van der Waals surface area contributed by atoms with Gasteiger partial charge in [0.05, 0.1) is 12.6 Å². The minimum absolute atomic E-state index is 0.0706. The zero-order valence-electron chi connectivity index (χ0n) is 24.0. The number of rotatable bonds is 4. The van der Waals surface area contributed by atoms with Crippen LogP contribution in [0.2, 0.25) is 0 Å². The van der Waals surface area contributed by atoms with Gasteiger partial charge in [-0.05, 0) is 61.1 Å². The molecule has 3 aliphatic rings. The van der Waals surface area contributed by atoms with E-state index in [1.165, 1.54) is 10.5 Å². The summed E-state index contributed by atoms with van der Waals surface area (Å²) in [5.41, 5.74) is 3.21. The maximum Gasteiger partial charge on any atom is 0.245 e. The molecule has 1 aliphatic carbocycles. The molecule has 2 aliphatic heterocycles. The predicted molar refractivity (Wildman–Crippen MR) is 155 cm³/mol. The summed E-state index contributed by atoms with van der Waals surface area (Å²) in [6.07, 6.45) is 5.01. The summed E-state index contributed by atoms with van der Waals surface area (Å²) in [5.74, 6) is -0.326. The number of para-hydroxylation sites is 1. The fourth-order valence-corrected chi connectivity index (χ4v) is 5.98. The second kappa shape index (κ2) is 13.0. The van der Waals surface area contributed by atoms with E-state index in [4.69, 9.17) is 4.74 Å². The van der Waals surface area contributed by atoms with Gasteiger partial charge in [0.2, 0.25) is 17.7 Å². The number of aliphatic hydroxyl groups excluding tert-OH is 1. The van der Waals surface area contributed by atoms with Crippen molar-refractivity contribution in [2.24, 2.45) is 5.92 Å². The van der Waals surface area contributed by atoms with Crippen molar-refractivity contribution in [3.63, 3.8) is 0 Å². The van der Waals surface area contributed by atoms with Crippen molar-refractivity contribution < 1.29 is 24.2 Å². The third-order valence-electron chi connectivity index (χ3n) is 8.74. The third kappa shape index (κ3) is 6.73. The van der Waals surface area contributed by atoms with Crippen molar-refractivity contribution in [2.45, 2.75) is 75.6 Å². The monoisotopic (exact) mass is 562 g/mol. The molecule has 2 heterocycles. The third-order valence-corrected chi connectivity index (χ3v) is 8.74. The fraction of sp³-hybridized carbons (Fsp3) is 0.531. The van der Waals surface area contributed by atoms with E-state index in [0.29, 0.717) is 13.1 Å². The lowest BCUT2D eigenvalue weighted by Gasteiger charge is -2.33. The van der Waals surface area contributed by atoms with Crippen LogP contribution in [0.4, 0.5) is 0 Å². The van der Waals surface area contributed by atoms with Crippen LogP contribution in [-0.4, -0.2) is 78.7 Å². The van der Waals surface area contributed by atoms with Crippen LogP contribution in [0.1, 0.15) is 55.2 Å². The van der Waals surface area contributed by atoms with Crippen molar-refractivity contribution in [1.82, 2.24) is 20.9 Å². The van der Waals surface area contributed by atoms with E-state index in [-0.39, 0.29) is 29.8 Å². The molecule has 0 radical (unpaired) electrons. The van der Waals surface area contributed by atoms with Crippen molar-refractivity contribution in [1.29, 1.82) is 0 Å². The first-order valence-electron chi connectivity index (χ1n) is 14.9. The number of aliphatic hydroxyl groups is 1. The van der Waals surface area contributed by atoms with Gasteiger partial charge in [-0.3, -0.25) is 14.4 Å². The average molecular weight is 563 g/mol. The number of ether oxygens (including phenoxy) is 1. The highest BCUT2D eigenvalue weighted by Gasteiger charge is 2.41. The predicted octanol–water partition coefficient (Wildman–Crippen LogP) is 1.92. The van der Waals surface area contributed by atoms with E-state index in [1.807, 2.05) is 37.3 Å². The minimum Gasteiger partial charge on any atom is -0.489 e. The normalized spacial score (nSPS) is 27.1. The van der Waals surface area contributed by atoms with E-state index >= 15 is 0 Å². The van der Waals surface area contributed by atoms with Crippen LogP contribution in [-0.2, 0) is 27.2 Å². The Morgan fingerprint density at radius 3 is 2.41 bits per heavy atom. The van der Waals surface area contributed by atoms with Crippen LogP contribution in [0.25, 0.3) is 0 Å². The summed E-state index contributed by atoms with van der Waals surface area (Å²) < 4.78 is 6.47. The molecule has 3 amide bonds. The second-order valence-electron chi connectivity index (χ2n) is 11.6. The van der Waals surface area contributed by atoms with Gasteiger partial charge in [0, 0.05) is 26.1 Å². The average Bonchev–Trinajstić information content (AvgIpc) is 3.83. The first kappa shape index (κ1) is 29.1. The van der Waals surface area contributed by atoms with Crippen molar-refractivity contribution >= 4 is 17.7 Å². The molecule has 0 spiro atoms. The highest BCUT2D eigenvalue weighted by molar-refractivity contribution is 5.93. The molecule has 1 fully saturated rings. The smallest absolute Gasteiger partial charge is 0.245 e. The van der Waals surface area contributed by atoms with Crippen LogP contribution in [0.3, 0.4) is 0 Å². The quantitative estimate of drug-likeness (QED) is 0.452. The van der Waals surface area contributed by atoms with E-state index in [0.717, 1.165) is 55.4 Å². The summed E-state index contributed by atoms with van der Waals surface area (Å²) in [6.45, 7) is 2.31. The largest absolute Gasteiger partial charge is 0.489 e. The number of nitrogens with zero attached hydrogens (tertiary/aromatic N) is 1. The van der Waals surface area contributed by atoms with Gasteiger partial charge in [-0.15, -0.1) is 0 Å². The molecule has 41 heavy (non-hydrogen) atoms. The lowest BCUT2D eigenvalue weighted by atomic mass is 9.92. The van der Waals surface area contributed by atoms with Gasteiger partial charge >= 0.3 is 0 Å².